The number of nitrogens with zero attached hydrogens (tertiary/aromatic N) is 1. The van der Waals surface area contributed by atoms with Gasteiger partial charge in [0, 0.05) is 5.02 Å². The Balaban J connectivity index is 2.20. The molecule has 0 saturated carbocycles. The van der Waals surface area contributed by atoms with Crippen LogP contribution in [0.15, 0.2) is 66.2 Å². The highest BCUT2D eigenvalue weighted by atomic mass is 35.5. The summed E-state index contributed by atoms with van der Waals surface area (Å²) in [5.74, 6) is -1.13. The fourth-order valence-corrected chi connectivity index (χ4v) is 4.74. The molecule has 0 spiro atoms. The van der Waals surface area contributed by atoms with Gasteiger partial charge in [0.05, 0.1) is 23.9 Å². The highest BCUT2D eigenvalue weighted by Crippen LogP contribution is 2.43. The zero-order chi connectivity index (χ0) is 18.9. The van der Waals surface area contributed by atoms with E-state index in [9.17, 15) is 18.3 Å². The van der Waals surface area contributed by atoms with E-state index in [0.29, 0.717) is 17.0 Å². The molecule has 2 aromatic rings. The topological polar surface area (TPSA) is 74.7 Å². The van der Waals surface area contributed by atoms with E-state index in [2.05, 4.69) is 0 Å². The molecular weight excluding hydrogens is 374 g/mol. The predicted molar refractivity (Wildman–Crippen MR) is 100 cm³/mol. The number of halogens is 1. The average molecular weight is 392 g/mol. The molecular formula is C19H18ClNO4S. The number of hydrogen-bond donors (Lipinski definition) is 1. The minimum Gasteiger partial charge on any atom is -0.478 e. The van der Waals surface area contributed by atoms with Crippen molar-refractivity contribution in [2.24, 2.45) is 0 Å². The second kappa shape index (κ2) is 7.23. The highest BCUT2D eigenvalue weighted by molar-refractivity contribution is 7.88. The van der Waals surface area contributed by atoms with Gasteiger partial charge >= 0.3 is 5.97 Å². The Morgan fingerprint density at radius 1 is 1.08 bits per heavy atom. The van der Waals surface area contributed by atoms with Crippen LogP contribution in [-0.2, 0) is 14.8 Å². The molecule has 3 rings (SSSR count). The van der Waals surface area contributed by atoms with Crippen LogP contribution in [0.3, 0.4) is 0 Å². The van der Waals surface area contributed by atoms with E-state index in [1.54, 1.807) is 30.3 Å². The first-order valence-corrected chi connectivity index (χ1v) is 10.2. The number of sulfonamides is 1. The lowest BCUT2D eigenvalue weighted by molar-refractivity contribution is -0.133. The molecule has 0 aromatic heterocycles. The molecule has 7 heteroatoms. The first-order valence-electron chi connectivity index (χ1n) is 8.01. The van der Waals surface area contributed by atoms with Crippen LogP contribution in [0.25, 0.3) is 0 Å². The Bertz CT molecular complexity index is 939. The van der Waals surface area contributed by atoms with Gasteiger partial charge in [-0.25, -0.2) is 13.2 Å². The van der Waals surface area contributed by atoms with E-state index in [1.807, 2.05) is 30.3 Å². The molecule has 1 aliphatic heterocycles. The van der Waals surface area contributed by atoms with Crippen LogP contribution in [0.5, 0.6) is 0 Å². The number of carboxylic acids is 1. The maximum atomic E-state index is 12.7. The summed E-state index contributed by atoms with van der Waals surface area (Å²) in [6.45, 7) is 0. The van der Waals surface area contributed by atoms with Crippen LogP contribution in [0.4, 0.5) is 0 Å². The zero-order valence-electron chi connectivity index (χ0n) is 14.0. The van der Waals surface area contributed by atoms with Gasteiger partial charge in [0.2, 0.25) is 10.0 Å². The van der Waals surface area contributed by atoms with E-state index in [0.717, 1.165) is 11.8 Å². The van der Waals surface area contributed by atoms with Gasteiger partial charge in [-0.1, -0.05) is 60.1 Å². The van der Waals surface area contributed by atoms with Crippen LogP contribution >= 0.6 is 11.6 Å². The molecule has 0 fully saturated rings. The first-order chi connectivity index (χ1) is 12.3. The first kappa shape index (κ1) is 18.6. The summed E-state index contributed by atoms with van der Waals surface area (Å²) in [6, 6.07) is 14.4. The Labute approximate surface area is 157 Å². The van der Waals surface area contributed by atoms with E-state index in [4.69, 9.17) is 11.6 Å². The summed E-state index contributed by atoms with van der Waals surface area (Å²) >= 11 is 5.94. The minimum atomic E-state index is -3.70. The van der Waals surface area contributed by atoms with Crippen molar-refractivity contribution in [3.63, 3.8) is 0 Å². The number of carboxylic acid groups (broad SMARTS) is 1. The quantitative estimate of drug-likeness (QED) is 0.860. The van der Waals surface area contributed by atoms with Gasteiger partial charge in [0.1, 0.15) is 0 Å². The van der Waals surface area contributed by atoms with Crippen LogP contribution in [0, 0.1) is 0 Å². The number of aliphatic carboxylic acids is 1. The van der Waals surface area contributed by atoms with Gasteiger partial charge in [-0.15, -0.1) is 0 Å². The minimum absolute atomic E-state index is 0.0462. The normalized spacial score (nSPS) is 21.2. The second-order valence-corrected chi connectivity index (χ2v) is 8.50. The largest absolute Gasteiger partial charge is 0.478 e. The molecule has 0 radical (unpaired) electrons. The maximum absolute atomic E-state index is 12.7. The number of rotatable bonds is 4. The van der Waals surface area contributed by atoms with Crippen molar-refractivity contribution >= 4 is 27.6 Å². The third-order valence-corrected chi connectivity index (χ3v) is 5.90. The Morgan fingerprint density at radius 3 is 2.23 bits per heavy atom. The van der Waals surface area contributed by atoms with Crippen molar-refractivity contribution in [2.75, 3.05) is 6.26 Å². The van der Waals surface area contributed by atoms with Gasteiger partial charge in [-0.3, -0.25) is 0 Å². The van der Waals surface area contributed by atoms with E-state index >= 15 is 0 Å². The summed E-state index contributed by atoms with van der Waals surface area (Å²) in [6.07, 6.45) is 3.01. The molecule has 2 aromatic carbocycles. The fraction of sp³-hybridized carbons (Fsp3) is 0.211. The van der Waals surface area contributed by atoms with Gasteiger partial charge < -0.3 is 5.11 Å². The molecule has 136 valence electrons. The van der Waals surface area contributed by atoms with Crippen LogP contribution < -0.4 is 0 Å². The third-order valence-electron chi connectivity index (χ3n) is 4.42. The Hall–Kier alpha value is -2.15. The van der Waals surface area contributed by atoms with Gasteiger partial charge in [0.15, 0.2) is 0 Å². The summed E-state index contributed by atoms with van der Waals surface area (Å²) in [7, 11) is -3.70. The van der Waals surface area contributed by atoms with Crippen molar-refractivity contribution in [1.82, 2.24) is 4.31 Å². The van der Waals surface area contributed by atoms with Crippen LogP contribution in [0.2, 0.25) is 5.02 Å². The second-order valence-electron chi connectivity index (χ2n) is 6.17. The van der Waals surface area contributed by atoms with Gasteiger partial charge in [-0.2, -0.15) is 4.31 Å². The van der Waals surface area contributed by atoms with Crippen molar-refractivity contribution in [3.8, 4) is 0 Å². The number of hydrogen-bond acceptors (Lipinski definition) is 3. The molecule has 5 nitrogen and oxygen atoms in total. The van der Waals surface area contributed by atoms with E-state index in [-0.39, 0.29) is 5.57 Å². The van der Waals surface area contributed by atoms with Crippen molar-refractivity contribution < 1.29 is 18.3 Å². The zero-order valence-corrected chi connectivity index (χ0v) is 15.6. The number of benzene rings is 2. The SMILES string of the molecule is CS(=O)(=O)N1[C@@H](c2ccc(Cl)cc2)C(C(=O)O)=CC[C@H]1c1ccccc1. The molecule has 0 saturated heterocycles. The van der Waals surface area contributed by atoms with E-state index in [1.165, 1.54) is 4.31 Å². The monoisotopic (exact) mass is 391 g/mol. The highest BCUT2D eigenvalue weighted by Gasteiger charge is 2.42. The predicted octanol–water partition coefficient (Wildman–Crippen LogP) is 3.80. The molecule has 0 aliphatic carbocycles. The van der Waals surface area contributed by atoms with Crippen LogP contribution in [-0.4, -0.2) is 30.1 Å². The summed E-state index contributed by atoms with van der Waals surface area (Å²) in [4.78, 5) is 11.8. The van der Waals surface area contributed by atoms with Crippen molar-refractivity contribution in [3.05, 3.63) is 82.4 Å². The lowest BCUT2D eigenvalue weighted by Crippen LogP contribution is -2.41. The lowest BCUT2D eigenvalue weighted by atomic mass is 9.89. The smallest absolute Gasteiger partial charge is 0.333 e. The Morgan fingerprint density at radius 2 is 1.69 bits per heavy atom. The molecule has 2 atom stereocenters. The maximum Gasteiger partial charge on any atom is 0.333 e. The molecule has 1 heterocycles. The number of carbonyl (C=O) groups is 1. The van der Waals surface area contributed by atoms with Crippen molar-refractivity contribution in [2.45, 2.75) is 18.5 Å². The molecule has 0 amide bonds. The molecule has 0 unspecified atom stereocenters. The lowest BCUT2D eigenvalue weighted by Gasteiger charge is -2.39. The molecule has 26 heavy (non-hydrogen) atoms. The summed E-state index contributed by atoms with van der Waals surface area (Å²) < 4.78 is 26.6. The van der Waals surface area contributed by atoms with Crippen LogP contribution in [0.1, 0.15) is 29.6 Å². The third kappa shape index (κ3) is 3.67. The standard InChI is InChI=1S/C19H18ClNO4S/c1-26(24,25)21-17(13-5-3-2-4-6-13)12-11-16(19(22)23)18(21)14-7-9-15(20)10-8-14/h2-11,17-18H,12H2,1H3,(H,22,23)/t17-,18-/m0/s1. The molecule has 1 N–H and O–H groups in total. The Kier molecular flexibility index (Phi) is 5.18. The van der Waals surface area contributed by atoms with Gasteiger partial charge in [0.25, 0.3) is 0 Å². The molecule has 1 aliphatic rings. The van der Waals surface area contributed by atoms with E-state index < -0.39 is 28.1 Å². The van der Waals surface area contributed by atoms with Crippen molar-refractivity contribution in [1.29, 1.82) is 0 Å². The average Bonchev–Trinajstić information content (AvgIpc) is 2.61. The summed E-state index contributed by atoms with van der Waals surface area (Å²) in [5.41, 5.74) is 1.43. The van der Waals surface area contributed by atoms with Gasteiger partial charge in [-0.05, 0) is 29.7 Å². The summed E-state index contributed by atoms with van der Waals surface area (Å²) in [5, 5.41) is 10.1. The fourth-order valence-electron chi connectivity index (χ4n) is 3.33. The molecule has 0 bridgehead atoms.